The first-order valence-corrected chi connectivity index (χ1v) is 8.18. The van der Waals surface area contributed by atoms with Gasteiger partial charge in [0, 0.05) is 11.5 Å². The number of thiazole rings is 1. The summed E-state index contributed by atoms with van der Waals surface area (Å²) in [5.74, 6) is -2.26. The summed E-state index contributed by atoms with van der Waals surface area (Å²) in [6, 6.07) is 10.1. The predicted molar refractivity (Wildman–Crippen MR) is 93.1 cm³/mol. The van der Waals surface area contributed by atoms with Crippen LogP contribution in [0, 0.1) is 11.6 Å². The average molecular weight is 373 g/mol. The van der Waals surface area contributed by atoms with Crippen LogP contribution in [0.15, 0.2) is 51.7 Å². The smallest absolute Gasteiger partial charge is 0.349 e. The lowest BCUT2D eigenvalue weighted by Crippen LogP contribution is -2.32. The van der Waals surface area contributed by atoms with Gasteiger partial charge in [0.25, 0.3) is 5.91 Å². The third-order valence-electron chi connectivity index (χ3n) is 3.58. The zero-order valence-corrected chi connectivity index (χ0v) is 13.7. The Kier molecular flexibility index (Phi) is 3.85. The molecule has 2 aromatic carbocycles. The third kappa shape index (κ3) is 2.88. The summed E-state index contributed by atoms with van der Waals surface area (Å²) in [6.45, 7) is 0. The SMILES string of the molecule is O=C(NNc1nc2c(F)cc(F)cc2s1)c1cc2ccccc2oc1=O. The van der Waals surface area contributed by atoms with Crippen molar-refractivity contribution in [2.45, 2.75) is 0 Å². The van der Waals surface area contributed by atoms with E-state index >= 15 is 0 Å². The molecule has 0 saturated carbocycles. The first-order chi connectivity index (χ1) is 12.5. The molecule has 130 valence electrons. The van der Waals surface area contributed by atoms with Crippen molar-refractivity contribution in [3.8, 4) is 0 Å². The molecule has 0 bridgehead atoms. The minimum Gasteiger partial charge on any atom is -0.422 e. The van der Waals surface area contributed by atoms with Crippen molar-refractivity contribution < 1.29 is 18.0 Å². The highest BCUT2D eigenvalue weighted by Crippen LogP contribution is 2.28. The second-order valence-electron chi connectivity index (χ2n) is 5.32. The topological polar surface area (TPSA) is 84.2 Å². The number of hydrazine groups is 1. The number of carbonyl (C=O) groups excluding carboxylic acids is 1. The van der Waals surface area contributed by atoms with Crippen molar-refractivity contribution >= 4 is 43.6 Å². The van der Waals surface area contributed by atoms with E-state index in [1.54, 1.807) is 24.3 Å². The average Bonchev–Trinajstić information content (AvgIpc) is 3.02. The number of rotatable bonds is 3. The van der Waals surface area contributed by atoms with Crippen molar-refractivity contribution in [2.75, 3.05) is 5.43 Å². The zero-order valence-electron chi connectivity index (χ0n) is 12.9. The molecular weight excluding hydrogens is 364 g/mol. The van der Waals surface area contributed by atoms with Crippen LogP contribution in [0.5, 0.6) is 0 Å². The molecule has 0 atom stereocenters. The number of halogens is 2. The van der Waals surface area contributed by atoms with Crippen molar-refractivity contribution in [3.05, 3.63) is 70.1 Å². The third-order valence-corrected chi connectivity index (χ3v) is 4.50. The van der Waals surface area contributed by atoms with E-state index in [-0.39, 0.29) is 20.9 Å². The molecule has 4 rings (SSSR count). The van der Waals surface area contributed by atoms with Crippen molar-refractivity contribution in [1.29, 1.82) is 0 Å². The van der Waals surface area contributed by atoms with E-state index in [0.29, 0.717) is 11.0 Å². The normalized spacial score (nSPS) is 11.0. The van der Waals surface area contributed by atoms with Crippen LogP contribution in [0.25, 0.3) is 21.2 Å². The Labute approximate surface area is 148 Å². The Morgan fingerprint density at radius 1 is 1.15 bits per heavy atom. The Morgan fingerprint density at radius 3 is 2.81 bits per heavy atom. The molecule has 26 heavy (non-hydrogen) atoms. The molecule has 1 amide bonds. The number of fused-ring (bicyclic) bond motifs is 2. The number of hydrogen-bond acceptors (Lipinski definition) is 6. The molecule has 0 aliphatic heterocycles. The van der Waals surface area contributed by atoms with Crippen molar-refractivity contribution in [1.82, 2.24) is 10.4 Å². The van der Waals surface area contributed by atoms with Gasteiger partial charge in [-0.25, -0.2) is 18.6 Å². The van der Waals surface area contributed by atoms with Gasteiger partial charge in [0.1, 0.15) is 22.5 Å². The summed E-state index contributed by atoms with van der Waals surface area (Å²) in [5, 5.41) is 0.734. The second-order valence-corrected chi connectivity index (χ2v) is 6.35. The van der Waals surface area contributed by atoms with Gasteiger partial charge < -0.3 is 4.42 Å². The molecule has 4 aromatic rings. The molecule has 0 saturated heterocycles. The highest BCUT2D eigenvalue weighted by atomic mass is 32.1. The quantitative estimate of drug-likeness (QED) is 0.425. The Bertz CT molecular complexity index is 1220. The first-order valence-electron chi connectivity index (χ1n) is 7.36. The molecule has 9 heteroatoms. The number of benzene rings is 2. The molecule has 2 aromatic heterocycles. The molecule has 0 aliphatic carbocycles. The summed E-state index contributed by atoms with van der Waals surface area (Å²) in [4.78, 5) is 28.1. The first kappa shape index (κ1) is 16.2. The summed E-state index contributed by atoms with van der Waals surface area (Å²) in [6.07, 6.45) is 0. The van der Waals surface area contributed by atoms with Crippen LogP contribution in [0.1, 0.15) is 10.4 Å². The van der Waals surface area contributed by atoms with E-state index in [1.165, 1.54) is 6.07 Å². The van der Waals surface area contributed by atoms with Gasteiger partial charge in [-0.2, -0.15) is 0 Å². The van der Waals surface area contributed by atoms with Gasteiger partial charge in [-0.05, 0) is 18.2 Å². The fourth-order valence-electron chi connectivity index (χ4n) is 2.41. The number of amides is 1. The van der Waals surface area contributed by atoms with Gasteiger partial charge in [0.15, 0.2) is 5.82 Å². The van der Waals surface area contributed by atoms with Crippen molar-refractivity contribution in [2.24, 2.45) is 0 Å². The minimum atomic E-state index is -0.800. The monoisotopic (exact) mass is 373 g/mol. The zero-order chi connectivity index (χ0) is 18.3. The summed E-state index contributed by atoms with van der Waals surface area (Å²) < 4.78 is 32.3. The number of anilines is 1. The molecule has 2 heterocycles. The maximum Gasteiger partial charge on any atom is 0.349 e. The highest BCUT2D eigenvalue weighted by Gasteiger charge is 2.15. The molecule has 2 N–H and O–H groups in total. The second kappa shape index (κ2) is 6.19. The van der Waals surface area contributed by atoms with Gasteiger partial charge in [0.2, 0.25) is 5.13 Å². The number of carbonyl (C=O) groups is 1. The highest BCUT2D eigenvalue weighted by molar-refractivity contribution is 7.22. The maximum absolute atomic E-state index is 13.7. The van der Waals surface area contributed by atoms with Crippen LogP contribution < -0.4 is 16.5 Å². The lowest BCUT2D eigenvalue weighted by atomic mass is 10.2. The lowest BCUT2D eigenvalue weighted by molar-refractivity contribution is 0.0959. The fraction of sp³-hybridized carbons (Fsp3) is 0. The number of para-hydroxylation sites is 1. The maximum atomic E-state index is 13.7. The van der Waals surface area contributed by atoms with Gasteiger partial charge in [-0.1, -0.05) is 29.5 Å². The predicted octanol–water partition coefficient (Wildman–Crippen LogP) is 3.44. The number of nitrogens with one attached hydrogen (secondary N) is 2. The minimum absolute atomic E-state index is 0.0154. The van der Waals surface area contributed by atoms with E-state index < -0.39 is 23.2 Å². The van der Waals surface area contributed by atoms with E-state index in [2.05, 4.69) is 15.8 Å². The van der Waals surface area contributed by atoms with Crippen LogP contribution in [-0.2, 0) is 0 Å². The lowest BCUT2D eigenvalue weighted by Gasteiger charge is -2.05. The molecule has 0 aliphatic rings. The standard InChI is InChI=1S/C17H9F2N3O3S/c18-9-6-11(19)14-13(7-9)26-17(20-14)22-21-15(23)10-5-8-3-1-2-4-12(8)25-16(10)24/h1-7H,(H,20,22)(H,21,23). The summed E-state index contributed by atoms with van der Waals surface area (Å²) in [5.41, 5.74) is 4.15. The van der Waals surface area contributed by atoms with E-state index in [0.717, 1.165) is 23.5 Å². The Morgan fingerprint density at radius 2 is 1.96 bits per heavy atom. The Hall–Kier alpha value is -3.33. The molecule has 0 spiro atoms. The number of aromatic nitrogens is 1. The van der Waals surface area contributed by atoms with E-state index in [4.69, 9.17) is 4.42 Å². The van der Waals surface area contributed by atoms with Gasteiger partial charge >= 0.3 is 5.63 Å². The number of hydrogen-bond donors (Lipinski definition) is 2. The molecular formula is C17H9F2N3O3S. The molecule has 0 radical (unpaired) electrons. The van der Waals surface area contributed by atoms with Gasteiger partial charge in [-0.15, -0.1) is 0 Å². The van der Waals surface area contributed by atoms with Crippen LogP contribution in [0.2, 0.25) is 0 Å². The summed E-state index contributed by atoms with van der Waals surface area (Å²) >= 11 is 0.951. The van der Waals surface area contributed by atoms with Crippen LogP contribution in [0.4, 0.5) is 13.9 Å². The summed E-state index contributed by atoms with van der Waals surface area (Å²) in [7, 11) is 0. The van der Waals surface area contributed by atoms with Crippen LogP contribution in [-0.4, -0.2) is 10.9 Å². The Balaban J connectivity index is 1.58. The molecule has 0 unspecified atom stereocenters. The van der Waals surface area contributed by atoms with Gasteiger partial charge in [0.05, 0.1) is 4.70 Å². The van der Waals surface area contributed by atoms with E-state index in [1.807, 2.05) is 0 Å². The van der Waals surface area contributed by atoms with E-state index in [9.17, 15) is 18.4 Å². The molecule has 6 nitrogen and oxygen atoms in total. The van der Waals surface area contributed by atoms with Crippen LogP contribution in [0.3, 0.4) is 0 Å². The van der Waals surface area contributed by atoms with Gasteiger partial charge in [-0.3, -0.25) is 15.6 Å². The molecule has 0 fully saturated rings. The number of nitrogens with zero attached hydrogens (tertiary/aromatic N) is 1. The largest absolute Gasteiger partial charge is 0.422 e. The van der Waals surface area contributed by atoms with Crippen LogP contribution >= 0.6 is 11.3 Å². The van der Waals surface area contributed by atoms with Crippen molar-refractivity contribution in [3.63, 3.8) is 0 Å². The fourth-order valence-corrected chi connectivity index (χ4v) is 3.27.